The second kappa shape index (κ2) is 8.02. The number of methoxy groups -OCH3 is 1. The maximum Gasteiger partial charge on any atom is 0.234 e. The van der Waals surface area contributed by atoms with Crippen LogP contribution >= 0.6 is 0 Å². The molecule has 0 bridgehead atoms. The molecule has 164 valence electrons. The Hall–Kier alpha value is -3.26. The number of hydrogen-bond acceptors (Lipinski definition) is 7. The van der Waals surface area contributed by atoms with Gasteiger partial charge in [0.1, 0.15) is 11.1 Å². The molecule has 0 spiro atoms. The minimum absolute atomic E-state index is 0.212. The molecule has 2 heterocycles. The lowest BCUT2D eigenvalue weighted by atomic mass is 9.72. The number of nitrogens with zero attached hydrogens (tertiary/aromatic N) is 2. The second-order valence-electron chi connectivity index (χ2n) is 8.37. The summed E-state index contributed by atoms with van der Waals surface area (Å²) in [6.07, 6.45) is 3.21. The highest BCUT2D eigenvalue weighted by atomic mass is 16.5. The van der Waals surface area contributed by atoms with Crippen LogP contribution in [0.1, 0.15) is 36.7 Å². The van der Waals surface area contributed by atoms with Gasteiger partial charge in [0, 0.05) is 23.2 Å². The predicted molar refractivity (Wildman–Crippen MR) is 125 cm³/mol. The highest BCUT2D eigenvalue weighted by Crippen LogP contribution is 2.45. The molecule has 5 rings (SSSR count). The molecular weight excluding hydrogens is 402 g/mol. The van der Waals surface area contributed by atoms with Gasteiger partial charge in [-0.3, -0.25) is 0 Å². The Balaban J connectivity index is 1.72. The second-order valence-corrected chi connectivity index (χ2v) is 8.37. The van der Waals surface area contributed by atoms with Gasteiger partial charge in [-0.2, -0.15) is 9.97 Å². The molecule has 0 radical (unpaired) electrons. The van der Waals surface area contributed by atoms with Gasteiger partial charge in [-0.1, -0.05) is 54.6 Å². The van der Waals surface area contributed by atoms with Crippen LogP contribution < -0.4 is 21.9 Å². The summed E-state index contributed by atoms with van der Waals surface area (Å²) in [5.41, 5.74) is 22.5. The molecule has 32 heavy (non-hydrogen) atoms. The summed E-state index contributed by atoms with van der Waals surface area (Å²) in [5, 5.41) is 0.708. The molecule has 4 aromatic rings. The van der Waals surface area contributed by atoms with Gasteiger partial charge in [0.15, 0.2) is 5.82 Å². The van der Waals surface area contributed by atoms with Crippen LogP contribution in [0.2, 0.25) is 0 Å². The van der Waals surface area contributed by atoms with E-state index in [-0.39, 0.29) is 12.1 Å². The molecule has 7 nitrogen and oxygen atoms in total. The van der Waals surface area contributed by atoms with E-state index < -0.39 is 6.04 Å². The zero-order chi connectivity index (χ0) is 22.3. The third kappa shape index (κ3) is 3.35. The van der Waals surface area contributed by atoms with Crippen LogP contribution in [0.5, 0.6) is 5.88 Å². The molecule has 1 aliphatic carbocycles. The Morgan fingerprint density at radius 3 is 2.34 bits per heavy atom. The first-order valence-corrected chi connectivity index (χ1v) is 10.8. The molecule has 2 aromatic carbocycles. The average molecular weight is 430 g/mol. The third-order valence-electron chi connectivity index (χ3n) is 6.34. The Labute approximate surface area is 186 Å². The standard InChI is InChI=1S/C25H27N5O2/c1-31-23-20-19(15-6-3-2-4-7-15)21(32-24(20)30-22(29-23)18(27)14-26)16-8-10-17(11-9-16)25(28)12-5-13-25/h2-4,6-11,18H,5,12-14,26-28H2,1H3. The number of benzene rings is 2. The van der Waals surface area contributed by atoms with Crippen molar-refractivity contribution in [2.75, 3.05) is 13.7 Å². The van der Waals surface area contributed by atoms with E-state index in [9.17, 15) is 0 Å². The first-order chi connectivity index (χ1) is 15.5. The summed E-state index contributed by atoms with van der Waals surface area (Å²) in [4.78, 5) is 9.12. The number of furan rings is 1. The zero-order valence-corrected chi connectivity index (χ0v) is 18.0. The number of fused-ring (bicyclic) bond motifs is 1. The summed E-state index contributed by atoms with van der Waals surface area (Å²) in [7, 11) is 1.58. The van der Waals surface area contributed by atoms with E-state index in [0.29, 0.717) is 28.6 Å². The minimum Gasteiger partial charge on any atom is -0.480 e. The molecule has 0 aliphatic heterocycles. The molecule has 1 unspecified atom stereocenters. The normalized spacial score (nSPS) is 16.0. The maximum absolute atomic E-state index is 6.51. The highest BCUT2D eigenvalue weighted by Gasteiger charge is 2.34. The van der Waals surface area contributed by atoms with Gasteiger partial charge in [-0.15, -0.1) is 0 Å². The van der Waals surface area contributed by atoms with Gasteiger partial charge < -0.3 is 26.4 Å². The van der Waals surface area contributed by atoms with Crippen LogP contribution in [-0.2, 0) is 5.54 Å². The highest BCUT2D eigenvalue weighted by molar-refractivity contribution is 6.03. The fraction of sp³-hybridized carbons (Fsp3) is 0.280. The first-order valence-electron chi connectivity index (χ1n) is 10.8. The van der Waals surface area contributed by atoms with Gasteiger partial charge >= 0.3 is 0 Å². The van der Waals surface area contributed by atoms with Crippen LogP contribution in [-0.4, -0.2) is 23.6 Å². The van der Waals surface area contributed by atoms with Crippen molar-refractivity contribution in [3.8, 4) is 28.3 Å². The van der Waals surface area contributed by atoms with Gasteiger partial charge in [0.25, 0.3) is 0 Å². The summed E-state index contributed by atoms with van der Waals surface area (Å²) < 4.78 is 12.0. The topological polar surface area (TPSA) is 126 Å². The van der Waals surface area contributed by atoms with Gasteiger partial charge in [-0.05, 0) is 30.4 Å². The Morgan fingerprint density at radius 2 is 1.75 bits per heavy atom. The van der Waals surface area contributed by atoms with E-state index >= 15 is 0 Å². The van der Waals surface area contributed by atoms with E-state index in [4.69, 9.17) is 26.4 Å². The molecule has 1 aliphatic rings. The molecule has 1 saturated carbocycles. The van der Waals surface area contributed by atoms with Crippen LogP contribution in [0.4, 0.5) is 0 Å². The lowest BCUT2D eigenvalue weighted by molar-refractivity contribution is 0.253. The maximum atomic E-state index is 6.51. The third-order valence-corrected chi connectivity index (χ3v) is 6.34. The van der Waals surface area contributed by atoms with Crippen molar-refractivity contribution in [1.82, 2.24) is 9.97 Å². The number of hydrogen-bond donors (Lipinski definition) is 3. The van der Waals surface area contributed by atoms with E-state index in [0.717, 1.165) is 35.1 Å². The number of ether oxygens (including phenoxy) is 1. The fourth-order valence-electron chi connectivity index (χ4n) is 4.29. The van der Waals surface area contributed by atoms with Crippen molar-refractivity contribution in [2.24, 2.45) is 17.2 Å². The van der Waals surface area contributed by atoms with Crippen LogP contribution in [0.3, 0.4) is 0 Å². The van der Waals surface area contributed by atoms with E-state index in [1.165, 1.54) is 6.42 Å². The summed E-state index contributed by atoms with van der Waals surface area (Å²) in [5.74, 6) is 1.50. The Bertz CT molecular complexity index is 1250. The van der Waals surface area contributed by atoms with Crippen molar-refractivity contribution in [3.63, 3.8) is 0 Å². The van der Waals surface area contributed by atoms with Gasteiger partial charge in [0.2, 0.25) is 11.6 Å². The van der Waals surface area contributed by atoms with E-state index in [2.05, 4.69) is 34.2 Å². The Morgan fingerprint density at radius 1 is 1.03 bits per heavy atom. The van der Waals surface area contributed by atoms with Gasteiger partial charge in [0.05, 0.1) is 13.2 Å². The molecule has 1 atom stereocenters. The van der Waals surface area contributed by atoms with E-state index in [1.54, 1.807) is 7.11 Å². The lowest BCUT2D eigenvalue weighted by Crippen LogP contribution is -2.43. The van der Waals surface area contributed by atoms with Crippen molar-refractivity contribution >= 4 is 11.1 Å². The summed E-state index contributed by atoms with van der Waals surface area (Å²) in [6.45, 7) is 0.218. The number of rotatable bonds is 6. The molecule has 0 amide bonds. The summed E-state index contributed by atoms with van der Waals surface area (Å²) >= 11 is 0. The largest absolute Gasteiger partial charge is 0.480 e. The number of nitrogens with two attached hydrogens (primary N) is 3. The number of aromatic nitrogens is 2. The van der Waals surface area contributed by atoms with Crippen molar-refractivity contribution in [2.45, 2.75) is 30.8 Å². The zero-order valence-electron chi connectivity index (χ0n) is 18.0. The van der Waals surface area contributed by atoms with E-state index in [1.807, 2.05) is 30.3 Å². The first kappa shape index (κ1) is 20.6. The lowest BCUT2D eigenvalue weighted by Gasteiger charge is -2.38. The van der Waals surface area contributed by atoms with Crippen LogP contribution in [0.25, 0.3) is 33.6 Å². The predicted octanol–water partition coefficient (Wildman–Crippen LogP) is 3.86. The monoisotopic (exact) mass is 429 g/mol. The van der Waals surface area contributed by atoms with Crippen LogP contribution in [0.15, 0.2) is 59.0 Å². The average Bonchev–Trinajstić information content (AvgIpc) is 3.21. The van der Waals surface area contributed by atoms with Crippen molar-refractivity contribution < 1.29 is 9.15 Å². The van der Waals surface area contributed by atoms with Gasteiger partial charge in [-0.25, -0.2) is 0 Å². The molecule has 2 aromatic heterocycles. The molecular formula is C25H27N5O2. The molecule has 6 N–H and O–H groups in total. The molecule has 7 heteroatoms. The van der Waals surface area contributed by atoms with Crippen LogP contribution in [0, 0.1) is 0 Å². The minimum atomic E-state index is -0.510. The molecule has 1 fully saturated rings. The summed E-state index contributed by atoms with van der Waals surface area (Å²) in [6, 6.07) is 17.8. The fourth-order valence-corrected chi connectivity index (χ4v) is 4.29. The van der Waals surface area contributed by atoms with Crippen molar-refractivity contribution in [3.05, 3.63) is 66.0 Å². The smallest absolute Gasteiger partial charge is 0.234 e. The quantitative estimate of drug-likeness (QED) is 0.425. The Kier molecular flexibility index (Phi) is 5.17. The SMILES string of the molecule is COc1nc(C(N)CN)nc2oc(-c3ccc(C4(N)CCC4)cc3)c(-c3ccccc3)c12. The van der Waals surface area contributed by atoms with Crippen molar-refractivity contribution in [1.29, 1.82) is 0 Å². The molecule has 0 saturated heterocycles.